The highest BCUT2D eigenvalue weighted by atomic mass is 16.5. The maximum absolute atomic E-state index is 11.8. The molecule has 0 spiro atoms. The van der Waals surface area contributed by atoms with Gasteiger partial charge in [0.05, 0.1) is 13.0 Å². The van der Waals surface area contributed by atoms with Gasteiger partial charge in [-0.15, -0.1) is 0 Å². The van der Waals surface area contributed by atoms with Crippen LogP contribution in [0.1, 0.15) is 20.3 Å². The van der Waals surface area contributed by atoms with Gasteiger partial charge >= 0.3 is 18.0 Å². The molecule has 0 heterocycles. The Morgan fingerprint density at radius 2 is 1.90 bits per heavy atom. The van der Waals surface area contributed by atoms with Gasteiger partial charge in [0.2, 0.25) is 5.91 Å². The topological polar surface area (TPSA) is 139 Å². The van der Waals surface area contributed by atoms with E-state index in [9.17, 15) is 19.2 Å². The maximum atomic E-state index is 11.8. The molecule has 0 rings (SSSR count). The number of hydrogen-bond donors (Lipinski definition) is 3. The predicted octanol–water partition coefficient (Wildman–Crippen LogP) is -1.09. The molecule has 0 bridgehead atoms. The normalized spacial score (nSPS) is 11.3. The van der Waals surface area contributed by atoms with Crippen molar-refractivity contribution in [3.8, 4) is 0 Å². The molecule has 1 atom stereocenters. The molecule has 0 aliphatic carbocycles. The first-order valence-electron chi connectivity index (χ1n) is 6.03. The van der Waals surface area contributed by atoms with Crippen LogP contribution in [0.3, 0.4) is 0 Å². The predicted molar refractivity (Wildman–Crippen MR) is 67.6 cm³/mol. The number of nitrogens with one attached hydrogen (secondary N) is 1. The first-order chi connectivity index (χ1) is 9.31. The number of carboxylic acids is 1. The number of nitrogens with zero attached hydrogens (tertiary/aromatic N) is 1. The van der Waals surface area contributed by atoms with Crippen LogP contribution in [0.4, 0.5) is 4.79 Å². The maximum Gasteiger partial charge on any atom is 0.326 e. The van der Waals surface area contributed by atoms with E-state index in [1.165, 1.54) is 0 Å². The van der Waals surface area contributed by atoms with Gasteiger partial charge in [0.1, 0.15) is 12.6 Å². The molecule has 0 aromatic rings. The Hall–Kier alpha value is -2.32. The number of primary amides is 1. The van der Waals surface area contributed by atoms with Gasteiger partial charge in [0.15, 0.2) is 0 Å². The Morgan fingerprint density at radius 1 is 1.30 bits per heavy atom. The number of carbonyl (C=O) groups excluding carboxylic acids is 3. The second-order valence-electron chi connectivity index (χ2n) is 3.83. The summed E-state index contributed by atoms with van der Waals surface area (Å²) in [5.41, 5.74) is 4.89. The number of nitrogens with two attached hydrogens (primary N) is 1. The SMILES string of the molecule is CCOC(=O)CN(CC)C(=O)N[C@H](CC(N)=O)C(=O)O. The molecular weight excluding hydrogens is 270 g/mol. The van der Waals surface area contributed by atoms with Crippen molar-refractivity contribution in [1.82, 2.24) is 10.2 Å². The number of likely N-dealkylation sites (N-methyl/N-ethyl adjacent to an activating group) is 1. The van der Waals surface area contributed by atoms with Gasteiger partial charge in [0, 0.05) is 6.54 Å². The van der Waals surface area contributed by atoms with Crippen LogP contribution in [0.5, 0.6) is 0 Å². The molecule has 9 nitrogen and oxygen atoms in total. The van der Waals surface area contributed by atoms with E-state index in [0.29, 0.717) is 0 Å². The zero-order valence-electron chi connectivity index (χ0n) is 11.4. The third-order valence-electron chi connectivity index (χ3n) is 2.30. The second kappa shape index (κ2) is 8.73. The molecule has 0 aliphatic rings. The number of ether oxygens (including phenoxy) is 1. The highest BCUT2D eigenvalue weighted by Gasteiger charge is 2.25. The van der Waals surface area contributed by atoms with E-state index < -0.39 is 36.3 Å². The molecule has 9 heteroatoms. The third kappa shape index (κ3) is 6.57. The second-order valence-corrected chi connectivity index (χ2v) is 3.83. The summed E-state index contributed by atoms with van der Waals surface area (Å²) in [5.74, 6) is -2.85. The Balaban J connectivity index is 4.62. The molecule has 0 aliphatic heterocycles. The Morgan fingerprint density at radius 3 is 2.30 bits per heavy atom. The zero-order valence-corrected chi connectivity index (χ0v) is 11.4. The van der Waals surface area contributed by atoms with E-state index in [0.717, 1.165) is 4.90 Å². The number of esters is 1. The summed E-state index contributed by atoms with van der Waals surface area (Å²) in [7, 11) is 0. The number of aliphatic carboxylic acids is 1. The van der Waals surface area contributed by atoms with Crippen molar-refractivity contribution in [1.29, 1.82) is 0 Å². The molecule has 3 amide bonds. The lowest BCUT2D eigenvalue weighted by Crippen LogP contribution is -2.50. The van der Waals surface area contributed by atoms with Gasteiger partial charge in [-0.3, -0.25) is 9.59 Å². The number of hydrogen-bond acceptors (Lipinski definition) is 5. The van der Waals surface area contributed by atoms with Gasteiger partial charge in [-0.2, -0.15) is 0 Å². The average molecular weight is 289 g/mol. The summed E-state index contributed by atoms with van der Waals surface area (Å²) >= 11 is 0. The quantitative estimate of drug-likeness (QED) is 0.485. The molecule has 0 radical (unpaired) electrons. The first-order valence-corrected chi connectivity index (χ1v) is 6.03. The van der Waals surface area contributed by atoms with E-state index in [1.807, 2.05) is 0 Å². The van der Waals surface area contributed by atoms with Crippen LogP contribution < -0.4 is 11.1 Å². The van der Waals surface area contributed by atoms with Gasteiger partial charge < -0.3 is 25.8 Å². The molecule has 0 saturated heterocycles. The molecule has 0 unspecified atom stereocenters. The van der Waals surface area contributed by atoms with Crippen molar-refractivity contribution in [2.75, 3.05) is 19.7 Å². The highest BCUT2D eigenvalue weighted by molar-refractivity contribution is 5.88. The molecule has 0 aromatic heterocycles. The number of carbonyl (C=O) groups is 4. The third-order valence-corrected chi connectivity index (χ3v) is 2.30. The molecule has 0 saturated carbocycles. The monoisotopic (exact) mass is 289 g/mol. The minimum absolute atomic E-state index is 0.174. The van der Waals surface area contributed by atoms with E-state index >= 15 is 0 Å². The number of urea groups is 1. The van der Waals surface area contributed by atoms with E-state index in [1.54, 1.807) is 13.8 Å². The number of carboxylic acid groups (broad SMARTS) is 1. The van der Waals surface area contributed by atoms with Gasteiger partial charge in [0.25, 0.3) is 0 Å². The summed E-state index contributed by atoms with van der Waals surface area (Å²) in [5, 5.41) is 11.0. The van der Waals surface area contributed by atoms with Crippen molar-refractivity contribution in [2.24, 2.45) is 5.73 Å². The van der Waals surface area contributed by atoms with Gasteiger partial charge in [-0.05, 0) is 13.8 Å². The van der Waals surface area contributed by atoms with Crippen molar-refractivity contribution in [3.63, 3.8) is 0 Å². The van der Waals surface area contributed by atoms with E-state index in [-0.39, 0.29) is 19.7 Å². The lowest BCUT2D eigenvalue weighted by Gasteiger charge is -2.22. The molecular formula is C11H19N3O6. The van der Waals surface area contributed by atoms with Crippen molar-refractivity contribution in [2.45, 2.75) is 26.3 Å². The lowest BCUT2D eigenvalue weighted by atomic mass is 10.2. The highest BCUT2D eigenvalue weighted by Crippen LogP contribution is 1.97. The minimum Gasteiger partial charge on any atom is -0.480 e. The fraction of sp³-hybridized carbons (Fsp3) is 0.636. The summed E-state index contributed by atoms with van der Waals surface area (Å²) in [4.78, 5) is 45.7. The van der Waals surface area contributed by atoms with Crippen LogP contribution in [0.25, 0.3) is 0 Å². The summed E-state index contributed by atoms with van der Waals surface area (Å²) in [6.45, 7) is 3.29. The lowest BCUT2D eigenvalue weighted by molar-refractivity contribution is -0.143. The Kier molecular flexibility index (Phi) is 7.71. The van der Waals surface area contributed by atoms with Crippen LogP contribution in [0.2, 0.25) is 0 Å². The van der Waals surface area contributed by atoms with Crippen LogP contribution >= 0.6 is 0 Å². The fourth-order valence-corrected chi connectivity index (χ4v) is 1.33. The first kappa shape index (κ1) is 17.7. The number of rotatable bonds is 8. The van der Waals surface area contributed by atoms with Crippen molar-refractivity contribution >= 4 is 23.9 Å². The molecule has 4 N–H and O–H groups in total. The molecule has 0 fully saturated rings. The fourth-order valence-electron chi connectivity index (χ4n) is 1.33. The van der Waals surface area contributed by atoms with E-state index in [4.69, 9.17) is 15.6 Å². The standard InChI is InChI=1S/C11H19N3O6/c1-3-14(6-9(16)20-4-2)11(19)13-7(10(17)18)5-8(12)15/h7H,3-6H2,1-2H3,(H2,12,15)(H,13,19)(H,17,18)/t7-/m1/s1. The van der Waals surface area contributed by atoms with Gasteiger partial charge in [-0.1, -0.05) is 0 Å². The Bertz CT molecular complexity index is 384. The van der Waals surface area contributed by atoms with Crippen molar-refractivity contribution in [3.05, 3.63) is 0 Å². The molecule has 114 valence electrons. The smallest absolute Gasteiger partial charge is 0.326 e. The van der Waals surface area contributed by atoms with Crippen LogP contribution in [-0.4, -0.2) is 59.6 Å². The van der Waals surface area contributed by atoms with Crippen molar-refractivity contribution < 1.29 is 29.0 Å². The van der Waals surface area contributed by atoms with Crippen LogP contribution in [-0.2, 0) is 19.1 Å². The minimum atomic E-state index is -1.43. The zero-order chi connectivity index (χ0) is 15.7. The summed E-state index contributed by atoms with van der Waals surface area (Å²) < 4.78 is 4.69. The van der Waals surface area contributed by atoms with Gasteiger partial charge in [-0.25, -0.2) is 9.59 Å². The average Bonchev–Trinajstić information content (AvgIpc) is 2.34. The molecule has 20 heavy (non-hydrogen) atoms. The largest absolute Gasteiger partial charge is 0.480 e. The van der Waals surface area contributed by atoms with Crippen LogP contribution in [0.15, 0.2) is 0 Å². The van der Waals surface area contributed by atoms with Crippen LogP contribution in [0, 0.1) is 0 Å². The van der Waals surface area contributed by atoms with E-state index in [2.05, 4.69) is 5.32 Å². The number of amides is 3. The summed E-state index contributed by atoms with van der Waals surface area (Å²) in [6.07, 6.45) is -0.530. The molecule has 0 aromatic carbocycles. The Labute approximate surface area is 116 Å². The summed E-state index contributed by atoms with van der Waals surface area (Å²) in [6, 6.07) is -2.22.